The van der Waals surface area contributed by atoms with Crippen LogP contribution in [0.5, 0.6) is 0 Å². The molecule has 0 aliphatic carbocycles. The molecule has 2 unspecified atom stereocenters. The molecule has 0 aliphatic heterocycles. The Kier molecular flexibility index (Phi) is 6.08. The fraction of sp³-hybridized carbons (Fsp3) is 0.625. The summed E-state index contributed by atoms with van der Waals surface area (Å²) in [5.74, 6) is 0. The largest absolute Gasteiger partial charge is 0.416 e. The smallest absolute Gasteiger partial charge is 0.372 e. The van der Waals surface area contributed by atoms with E-state index in [9.17, 15) is 13.2 Å². The molecule has 5 heteroatoms. The van der Waals surface area contributed by atoms with Crippen LogP contribution in [0.2, 0.25) is 0 Å². The summed E-state index contributed by atoms with van der Waals surface area (Å²) in [6.07, 6.45) is -2.18. The van der Waals surface area contributed by atoms with Crippen molar-refractivity contribution in [3.8, 4) is 0 Å². The van der Waals surface area contributed by atoms with Crippen molar-refractivity contribution in [3.63, 3.8) is 0 Å². The SMILES string of the molecule is CCCC(C)N(C)c1ccc(CC(C)N)c(C(F)(F)F)c1. The van der Waals surface area contributed by atoms with Gasteiger partial charge in [0.15, 0.2) is 0 Å². The number of alkyl halides is 3. The van der Waals surface area contributed by atoms with E-state index in [1.54, 1.807) is 19.1 Å². The van der Waals surface area contributed by atoms with Crippen molar-refractivity contribution < 1.29 is 13.2 Å². The first kappa shape index (κ1) is 17.8. The van der Waals surface area contributed by atoms with Crippen LogP contribution in [0.1, 0.15) is 44.7 Å². The first-order valence-electron chi connectivity index (χ1n) is 7.35. The average molecular weight is 302 g/mol. The Morgan fingerprint density at radius 3 is 2.33 bits per heavy atom. The molecule has 120 valence electrons. The van der Waals surface area contributed by atoms with Crippen molar-refractivity contribution in [2.75, 3.05) is 11.9 Å². The zero-order chi connectivity index (χ0) is 16.2. The zero-order valence-electron chi connectivity index (χ0n) is 13.2. The van der Waals surface area contributed by atoms with E-state index in [-0.39, 0.29) is 24.1 Å². The quantitative estimate of drug-likeness (QED) is 0.852. The Labute approximate surface area is 125 Å². The van der Waals surface area contributed by atoms with Crippen LogP contribution < -0.4 is 10.6 Å². The monoisotopic (exact) mass is 302 g/mol. The van der Waals surface area contributed by atoms with Crippen LogP contribution in [-0.4, -0.2) is 19.1 Å². The van der Waals surface area contributed by atoms with Crippen LogP contribution in [0.3, 0.4) is 0 Å². The van der Waals surface area contributed by atoms with Crippen molar-refractivity contribution in [2.24, 2.45) is 5.73 Å². The number of hydrogen-bond acceptors (Lipinski definition) is 2. The number of benzene rings is 1. The van der Waals surface area contributed by atoms with Crippen LogP contribution in [0.4, 0.5) is 18.9 Å². The molecule has 21 heavy (non-hydrogen) atoms. The molecule has 0 spiro atoms. The molecule has 0 aromatic heterocycles. The van der Waals surface area contributed by atoms with Crippen molar-refractivity contribution in [1.29, 1.82) is 0 Å². The van der Waals surface area contributed by atoms with Gasteiger partial charge in [-0.3, -0.25) is 0 Å². The minimum Gasteiger partial charge on any atom is -0.372 e. The van der Waals surface area contributed by atoms with Gasteiger partial charge in [-0.1, -0.05) is 19.4 Å². The molecule has 0 radical (unpaired) electrons. The van der Waals surface area contributed by atoms with Crippen LogP contribution >= 0.6 is 0 Å². The Morgan fingerprint density at radius 1 is 1.24 bits per heavy atom. The molecule has 0 aliphatic rings. The standard InChI is InChI=1S/C16H25F3N2/c1-5-6-12(3)21(4)14-8-7-13(9-11(2)20)15(10-14)16(17,18)19/h7-8,10-12H,5-6,9,20H2,1-4H3. The molecule has 0 amide bonds. The van der Waals surface area contributed by atoms with Crippen molar-refractivity contribution >= 4 is 5.69 Å². The van der Waals surface area contributed by atoms with Gasteiger partial charge >= 0.3 is 6.18 Å². The van der Waals surface area contributed by atoms with Gasteiger partial charge in [0.1, 0.15) is 0 Å². The minimum atomic E-state index is -4.35. The van der Waals surface area contributed by atoms with Crippen LogP contribution in [-0.2, 0) is 12.6 Å². The van der Waals surface area contributed by atoms with Gasteiger partial charge in [-0.25, -0.2) is 0 Å². The second-order valence-electron chi connectivity index (χ2n) is 5.77. The van der Waals surface area contributed by atoms with Crippen LogP contribution in [0.25, 0.3) is 0 Å². The first-order chi connectivity index (χ1) is 9.66. The van der Waals surface area contributed by atoms with Crippen molar-refractivity contribution in [1.82, 2.24) is 0 Å². The summed E-state index contributed by atoms with van der Waals surface area (Å²) in [6, 6.07) is 4.45. The molecule has 2 nitrogen and oxygen atoms in total. The van der Waals surface area contributed by atoms with E-state index in [4.69, 9.17) is 5.73 Å². The average Bonchev–Trinajstić information content (AvgIpc) is 2.36. The number of anilines is 1. The Balaban J connectivity index is 3.15. The summed E-state index contributed by atoms with van der Waals surface area (Å²) < 4.78 is 39.7. The van der Waals surface area contributed by atoms with E-state index < -0.39 is 11.7 Å². The maximum Gasteiger partial charge on any atom is 0.416 e. The lowest BCUT2D eigenvalue weighted by atomic mass is 9.99. The van der Waals surface area contributed by atoms with E-state index in [0.717, 1.165) is 12.8 Å². The zero-order valence-corrected chi connectivity index (χ0v) is 13.2. The van der Waals surface area contributed by atoms with E-state index in [0.29, 0.717) is 5.69 Å². The summed E-state index contributed by atoms with van der Waals surface area (Å²) >= 11 is 0. The highest BCUT2D eigenvalue weighted by Gasteiger charge is 2.34. The third kappa shape index (κ3) is 4.92. The molecule has 0 saturated heterocycles. The molecule has 1 rings (SSSR count). The second kappa shape index (κ2) is 7.16. The van der Waals surface area contributed by atoms with Crippen molar-refractivity contribution in [3.05, 3.63) is 29.3 Å². The molecule has 0 fully saturated rings. The third-order valence-corrected chi connectivity index (χ3v) is 3.72. The van der Waals surface area contributed by atoms with Gasteiger partial charge in [-0.2, -0.15) is 13.2 Å². The van der Waals surface area contributed by atoms with E-state index >= 15 is 0 Å². The normalized spacial score (nSPS) is 14.9. The third-order valence-electron chi connectivity index (χ3n) is 3.72. The Hall–Kier alpha value is -1.23. The van der Waals surface area contributed by atoms with Gasteiger partial charge in [0, 0.05) is 24.8 Å². The number of hydrogen-bond donors (Lipinski definition) is 1. The van der Waals surface area contributed by atoms with E-state index in [1.807, 2.05) is 18.9 Å². The summed E-state index contributed by atoms with van der Waals surface area (Å²) in [6.45, 7) is 5.80. The number of rotatable bonds is 6. The van der Waals surface area contributed by atoms with Gasteiger partial charge in [0.05, 0.1) is 5.56 Å². The Bertz CT molecular complexity index is 455. The lowest BCUT2D eigenvalue weighted by Crippen LogP contribution is -2.29. The highest BCUT2D eigenvalue weighted by atomic mass is 19.4. The van der Waals surface area contributed by atoms with Gasteiger partial charge in [0.2, 0.25) is 0 Å². The molecule has 2 atom stereocenters. The van der Waals surface area contributed by atoms with Gasteiger partial charge in [-0.15, -0.1) is 0 Å². The summed E-state index contributed by atoms with van der Waals surface area (Å²) in [5, 5.41) is 0. The second-order valence-corrected chi connectivity index (χ2v) is 5.77. The molecule has 2 N–H and O–H groups in total. The molecular formula is C16H25F3N2. The maximum absolute atomic E-state index is 13.2. The molecule has 0 bridgehead atoms. The van der Waals surface area contributed by atoms with Gasteiger partial charge in [-0.05, 0) is 44.4 Å². The number of halogens is 3. The van der Waals surface area contributed by atoms with Gasteiger partial charge < -0.3 is 10.6 Å². The Morgan fingerprint density at radius 2 is 1.86 bits per heavy atom. The summed E-state index contributed by atoms with van der Waals surface area (Å²) in [7, 11) is 1.83. The summed E-state index contributed by atoms with van der Waals surface area (Å²) in [5.41, 5.74) is 5.92. The predicted octanol–water partition coefficient (Wildman–Crippen LogP) is 4.22. The number of nitrogens with two attached hydrogens (primary N) is 1. The highest BCUT2D eigenvalue weighted by Crippen LogP contribution is 2.35. The highest BCUT2D eigenvalue weighted by molar-refractivity contribution is 5.52. The molecule has 1 aromatic carbocycles. The van der Waals surface area contributed by atoms with Gasteiger partial charge in [0.25, 0.3) is 0 Å². The fourth-order valence-electron chi connectivity index (χ4n) is 2.44. The maximum atomic E-state index is 13.2. The fourth-order valence-corrected chi connectivity index (χ4v) is 2.44. The lowest BCUT2D eigenvalue weighted by Gasteiger charge is -2.28. The molecule has 0 saturated carbocycles. The van der Waals surface area contributed by atoms with Crippen LogP contribution in [0, 0.1) is 0 Å². The number of nitrogens with zero attached hydrogens (tertiary/aromatic N) is 1. The topological polar surface area (TPSA) is 29.3 Å². The minimum absolute atomic E-state index is 0.204. The first-order valence-corrected chi connectivity index (χ1v) is 7.35. The molecule has 1 aromatic rings. The molecule has 0 heterocycles. The van der Waals surface area contributed by atoms with Crippen LogP contribution in [0.15, 0.2) is 18.2 Å². The van der Waals surface area contributed by atoms with Crippen molar-refractivity contribution in [2.45, 2.75) is 58.3 Å². The van der Waals surface area contributed by atoms with E-state index in [1.165, 1.54) is 6.07 Å². The molecular weight excluding hydrogens is 277 g/mol. The predicted molar refractivity (Wildman–Crippen MR) is 81.6 cm³/mol. The van der Waals surface area contributed by atoms with E-state index in [2.05, 4.69) is 6.92 Å². The summed E-state index contributed by atoms with van der Waals surface area (Å²) in [4.78, 5) is 1.90. The lowest BCUT2D eigenvalue weighted by molar-refractivity contribution is -0.138.